The summed E-state index contributed by atoms with van der Waals surface area (Å²) in [7, 11) is 0. The number of nitrogens with one attached hydrogen (secondary N) is 1. The molecule has 1 saturated heterocycles. The van der Waals surface area contributed by atoms with E-state index in [1.807, 2.05) is 0 Å². The number of ether oxygens (including phenoxy) is 1. The van der Waals surface area contributed by atoms with Gasteiger partial charge in [0.25, 0.3) is 5.91 Å². The van der Waals surface area contributed by atoms with Gasteiger partial charge in [-0.1, -0.05) is 12.1 Å². The summed E-state index contributed by atoms with van der Waals surface area (Å²) in [6, 6.07) is 6.90. The van der Waals surface area contributed by atoms with Crippen molar-refractivity contribution in [1.82, 2.24) is 0 Å². The van der Waals surface area contributed by atoms with Crippen LogP contribution in [0.5, 0.6) is 0 Å². The second-order valence-electron chi connectivity index (χ2n) is 4.68. The summed E-state index contributed by atoms with van der Waals surface area (Å²) < 4.78 is 5.30. The Kier molecular flexibility index (Phi) is 4.16. The lowest BCUT2D eigenvalue weighted by atomic mass is 10.0. The van der Waals surface area contributed by atoms with Gasteiger partial charge in [0.2, 0.25) is 0 Å². The highest BCUT2D eigenvalue weighted by molar-refractivity contribution is 5.94. The fourth-order valence-corrected chi connectivity index (χ4v) is 2.04. The lowest BCUT2D eigenvalue weighted by Crippen LogP contribution is -2.26. The molecule has 5 nitrogen and oxygen atoms in total. The van der Waals surface area contributed by atoms with E-state index in [1.165, 1.54) is 0 Å². The summed E-state index contributed by atoms with van der Waals surface area (Å²) in [5, 5.41) is 11.7. The number of aliphatic carboxylic acids is 1. The molecular formula is C14H17NO4. The third kappa shape index (κ3) is 3.32. The zero-order valence-corrected chi connectivity index (χ0v) is 10.8. The standard InChI is InChI=1S/C14H17NO4/c1-9(14(17)18)10-4-2-5-11(8-10)15-13(16)12-6-3-7-19-12/h2,4-5,8-9,12H,3,6-7H2,1H3,(H,15,16)(H,17,18)/t9-,12+/m1/s1. The second-order valence-corrected chi connectivity index (χ2v) is 4.68. The normalized spacial score (nSPS) is 19.9. The number of carboxylic acid groups (broad SMARTS) is 1. The van der Waals surface area contributed by atoms with Gasteiger partial charge < -0.3 is 15.2 Å². The Hall–Kier alpha value is -1.88. The molecule has 0 radical (unpaired) electrons. The van der Waals surface area contributed by atoms with E-state index in [9.17, 15) is 9.59 Å². The Morgan fingerprint density at radius 1 is 1.47 bits per heavy atom. The van der Waals surface area contributed by atoms with Crippen molar-refractivity contribution in [2.75, 3.05) is 11.9 Å². The third-order valence-electron chi connectivity index (χ3n) is 3.25. The van der Waals surface area contributed by atoms with Crippen LogP contribution in [0.25, 0.3) is 0 Å². The average Bonchev–Trinajstić information content (AvgIpc) is 2.92. The van der Waals surface area contributed by atoms with Crippen LogP contribution in [0.1, 0.15) is 31.2 Å². The number of amides is 1. The maximum Gasteiger partial charge on any atom is 0.310 e. The van der Waals surface area contributed by atoms with Gasteiger partial charge in [0.05, 0.1) is 5.92 Å². The minimum Gasteiger partial charge on any atom is -0.481 e. The van der Waals surface area contributed by atoms with E-state index in [0.717, 1.165) is 12.8 Å². The SMILES string of the molecule is C[C@@H](C(=O)O)c1cccc(NC(=O)[C@@H]2CCCO2)c1. The molecule has 1 amide bonds. The van der Waals surface area contributed by atoms with Gasteiger partial charge in [0.1, 0.15) is 6.10 Å². The first-order valence-electron chi connectivity index (χ1n) is 6.33. The number of carboxylic acids is 1. The van der Waals surface area contributed by atoms with Crippen LogP contribution >= 0.6 is 0 Å². The maximum absolute atomic E-state index is 11.9. The van der Waals surface area contributed by atoms with Crippen molar-refractivity contribution in [2.24, 2.45) is 0 Å². The molecule has 2 atom stereocenters. The predicted molar refractivity (Wildman–Crippen MR) is 70.1 cm³/mol. The van der Waals surface area contributed by atoms with Gasteiger partial charge in [0.15, 0.2) is 0 Å². The molecule has 1 fully saturated rings. The molecule has 5 heteroatoms. The molecule has 0 saturated carbocycles. The lowest BCUT2D eigenvalue weighted by molar-refractivity contribution is -0.138. The summed E-state index contributed by atoms with van der Waals surface area (Å²) in [5.41, 5.74) is 1.27. The molecule has 0 spiro atoms. The molecule has 1 aromatic carbocycles. The topological polar surface area (TPSA) is 75.6 Å². The van der Waals surface area contributed by atoms with E-state index in [0.29, 0.717) is 17.9 Å². The quantitative estimate of drug-likeness (QED) is 0.871. The summed E-state index contributed by atoms with van der Waals surface area (Å²) in [5.74, 6) is -1.65. The van der Waals surface area contributed by atoms with E-state index in [1.54, 1.807) is 31.2 Å². The van der Waals surface area contributed by atoms with Crippen LogP contribution in [0.3, 0.4) is 0 Å². The van der Waals surface area contributed by atoms with Gasteiger partial charge in [-0.25, -0.2) is 0 Å². The summed E-state index contributed by atoms with van der Waals surface area (Å²) in [4.78, 5) is 22.8. The van der Waals surface area contributed by atoms with Gasteiger partial charge in [-0.15, -0.1) is 0 Å². The Balaban J connectivity index is 2.06. The van der Waals surface area contributed by atoms with Crippen LogP contribution in [0.2, 0.25) is 0 Å². The monoisotopic (exact) mass is 263 g/mol. The first kappa shape index (κ1) is 13.5. The van der Waals surface area contributed by atoms with Crippen molar-refractivity contribution in [3.05, 3.63) is 29.8 Å². The highest BCUT2D eigenvalue weighted by Gasteiger charge is 2.23. The van der Waals surface area contributed by atoms with Crippen molar-refractivity contribution in [2.45, 2.75) is 31.8 Å². The third-order valence-corrected chi connectivity index (χ3v) is 3.25. The first-order valence-corrected chi connectivity index (χ1v) is 6.33. The number of carbonyl (C=O) groups is 2. The highest BCUT2D eigenvalue weighted by Crippen LogP contribution is 2.20. The molecule has 1 heterocycles. The second kappa shape index (κ2) is 5.84. The van der Waals surface area contributed by atoms with Crippen LogP contribution in [0, 0.1) is 0 Å². The Bertz CT molecular complexity index is 480. The molecule has 1 aromatic rings. The van der Waals surface area contributed by atoms with Gasteiger partial charge in [-0.2, -0.15) is 0 Å². The van der Waals surface area contributed by atoms with Crippen LogP contribution in [-0.2, 0) is 14.3 Å². The summed E-state index contributed by atoms with van der Waals surface area (Å²) in [6.07, 6.45) is 1.24. The smallest absolute Gasteiger partial charge is 0.310 e. The fraction of sp³-hybridized carbons (Fsp3) is 0.429. The fourth-order valence-electron chi connectivity index (χ4n) is 2.04. The predicted octanol–water partition coefficient (Wildman–Crippen LogP) is 1.99. The lowest BCUT2D eigenvalue weighted by Gasteiger charge is -2.12. The Labute approximate surface area is 111 Å². The first-order chi connectivity index (χ1) is 9.08. The number of rotatable bonds is 4. The molecule has 102 valence electrons. The molecular weight excluding hydrogens is 246 g/mol. The summed E-state index contributed by atoms with van der Waals surface area (Å²) >= 11 is 0. The van der Waals surface area contributed by atoms with Gasteiger partial charge in [-0.3, -0.25) is 9.59 Å². The zero-order valence-electron chi connectivity index (χ0n) is 10.8. The zero-order chi connectivity index (χ0) is 13.8. The van der Waals surface area contributed by atoms with Gasteiger partial charge in [-0.05, 0) is 37.5 Å². The molecule has 0 aromatic heterocycles. The van der Waals surface area contributed by atoms with Crippen molar-refractivity contribution in [3.63, 3.8) is 0 Å². The number of hydrogen-bond acceptors (Lipinski definition) is 3. The maximum atomic E-state index is 11.9. The molecule has 2 N–H and O–H groups in total. The van der Waals surface area contributed by atoms with E-state index in [4.69, 9.17) is 9.84 Å². The van der Waals surface area contributed by atoms with E-state index in [2.05, 4.69) is 5.32 Å². The molecule has 2 rings (SSSR count). The van der Waals surface area contributed by atoms with Crippen LogP contribution < -0.4 is 5.32 Å². The van der Waals surface area contributed by atoms with Crippen molar-refractivity contribution >= 4 is 17.6 Å². The number of benzene rings is 1. The number of carbonyl (C=O) groups excluding carboxylic acids is 1. The molecule has 19 heavy (non-hydrogen) atoms. The average molecular weight is 263 g/mol. The van der Waals surface area contributed by atoms with E-state index >= 15 is 0 Å². The summed E-state index contributed by atoms with van der Waals surface area (Å²) in [6.45, 7) is 2.23. The number of hydrogen-bond donors (Lipinski definition) is 2. The Morgan fingerprint density at radius 3 is 2.89 bits per heavy atom. The molecule has 1 aliphatic heterocycles. The molecule has 0 bridgehead atoms. The van der Waals surface area contributed by atoms with Crippen LogP contribution in [-0.4, -0.2) is 29.7 Å². The molecule has 0 aliphatic carbocycles. The highest BCUT2D eigenvalue weighted by atomic mass is 16.5. The number of anilines is 1. The van der Waals surface area contributed by atoms with Gasteiger partial charge >= 0.3 is 5.97 Å². The van der Waals surface area contributed by atoms with E-state index in [-0.39, 0.29) is 12.0 Å². The van der Waals surface area contributed by atoms with Crippen molar-refractivity contribution < 1.29 is 19.4 Å². The van der Waals surface area contributed by atoms with Crippen LogP contribution in [0.4, 0.5) is 5.69 Å². The Morgan fingerprint density at radius 2 is 2.26 bits per heavy atom. The molecule has 0 unspecified atom stereocenters. The van der Waals surface area contributed by atoms with E-state index < -0.39 is 11.9 Å². The minimum absolute atomic E-state index is 0.169. The molecule has 1 aliphatic rings. The van der Waals surface area contributed by atoms with Crippen molar-refractivity contribution in [3.8, 4) is 0 Å². The largest absolute Gasteiger partial charge is 0.481 e. The minimum atomic E-state index is -0.886. The van der Waals surface area contributed by atoms with Gasteiger partial charge in [0, 0.05) is 12.3 Å². The van der Waals surface area contributed by atoms with Crippen LogP contribution in [0.15, 0.2) is 24.3 Å². The van der Waals surface area contributed by atoms with Crippen molar-refractivity contribution in [1.29, 1.82) is 0 Å².